The molecular weight excluding hydrogens is 290 g/mol. The highest BCUT2D eigenvalue weighted by Gasteiger charge is 2.20. The molecule has 3 aromatic heterocycles. The minimum absolute atomic E-state index is 0.449. The fourth-order valence-corrected chi connectivity index (χ4v) is 2.84. The Kier molecular flexibility index (Phi) is 2.84. The summed E-state index contributed by atoms with van der Waals surface area (Å²) in [6, 6.07) is 13.0. The molecule has 0 fully saturated rings. The fraction of sp³-hybridized carbons (Fsp3) is 0.0588. The number of pyridine rings is 2. The molecule has 0 radical (unpaired) electrons. The second-order valence-corrected chi connectivity index (χ2v) is 5.25. The number of carbonyl (C=O) groups excluding carboxylic acids is 1. The van der Waals surface area contributed by atoms with Gasteiger partial charge in [-0.3, -0.25) is 4.79 Å². The van der Waals surface area contributed by atoms with E-state index in [1.54, 1.807) is 10.9 Å². The lowest BCUT2D eigenvalue weighted by molar-refractivity contribution is 0.100. The van der Waals surface area contributed by atoms with Crippen molar-refractivity contribution in [1.82, 2.24) is 19.7 Å². The van der Waals surface area contributed by atoms with Crippen LogP contribution in [0.5, 0.6) is 0 Å². The first kappa shape index (κ1) is 13.4. The number of nitrogens with two attached hydrogens (primary N) is 1. The molecular formula is C17H13N5O. The van der Waals surface area contributed by atoms with Crippen LogP contribution in [0, 0.1) is 6.92 Å². The number of benzene rings is 1. The monoisotopic (exact) mass is 303 g/mol. The summed E-state index contributed by atoms with van der Waals surface area (Å²) in [5, 5.41) is 5.91. The third-order valence-corrected chi connectivity index (χ3v) is 3.80. The number of carbonyl (C=O) groups is 1. The van der Waals surface area contributed by atoms with Gasteiger partial charge in [-0.15, -0.1) is 0 Å². The molecule has 4 rings (SSSR count). The van der Waals surface area contributed by atoms with Crippen LogP contribution in [0.3, 0.4) is 0 Å². The van der Waals surface area contributed by atoms with Crippen LogP contribution in [0.15, 0.2) is 48.7 Å². The number of nitrogens with zero attached hydrogens (tertiary/aromatic N) is 4. The van der Waals surface area contributed by atoms with Crippen LogP contribution in [-0.2, 0) is 0 Å². The van der Waals surface area contributed by atoms with Crippen LogP contribution in [-0.4, -0.2) is 25.7 Å². The van der Waals surface area contributed by atoms with Crippen LogP contribution in [0.1, 0.15) is 16.1 Å². The van der Waals surface area contributed by atoms with Crippen molar-refractivity contribution in [3.05, 3.63) is 59.9 Å². The number of aromatic nitrogens is 4. The summed E-state index contributed by atoms with van der Waals surface area (Å²) in [4.78, 5) is 21.1. The largest absolute Gasteiger partial charge is 0.366 e. The Morgan fingerprint density at radius 2 is 1.91 bits per heavy atom. The Morgan fingerprint density at radius 1 is 1.13 bits per heavy atom. The van der Waals surface area contributed by atoms with Crippen molar-refractivity contribution in [2.24, 2.45) is 5.73 Å². The number of rotatable bonds is 2. The van der Waals surface area contributed by atoms with Crippen molar-refractivity contribution in [1.29, 1.82) is 0 Å². The van der Waals surface area contributed by atoms with Gasteiger partial charge < -0.3 is 5.73 Å². The summed E-state index contributed by atoms with van der Waals surface area (Å²) in [5.74, 6) is 0.154. The van der Waals surface area contributed by atoms with Gasteiger partial charge in [0.1, 0.15) is 0 Å². The highest BCUT2D eigenvalue weighted by molar-refractivity contribution is 6.16. The van der Waals surface area contributed by atoms with Crippen LogP contribution >= 0.6 is 0 Å². The summed E-state index contributed by atoms with van der Waals surface area (Å²) < 4.78 is 1.64. The van der Waals surface area contributed by atoms with E-state index < -0.39 is 5.91 Å². The standard InChI is InChI=1S/C17H13N5O/c1-10-14-15(16(18)23)11-6-2-3-7-12(11)20-17(14)22(21-10)13-8-4-5-9-19-13/h2-9H,1H3,(H2,18,23). The molecule has 0 saturated carbocycles. The number of primary amides is 1. The lowest BCUT2D eigenvalue weighted by Crippen LogP contribution is -2.13. The van der Waals surface area contributed by atoms with Gasteiger partial charge in [-0.25, -0.2) is 9.97 Å². The Labute approximate surface area is 131 Å². The zero-order valence-corrected chi connectivity index (χ0v) is 12.4. The molecule has 6 heteroatoms. The first-order valence-electron chi connectivity index (χ1n) is 7.16. The average molecular weight is 303 g/mol. The van der Waals surface area contributed by atoms with Gasteiger partial charge in [0.2, 0.25) is 5.91 Å². The smallest absolute Gasteiger partial charge is 0.250 e. The molecule has 1 aromatic carbocycles. The fourth-order valence-electron chi connectivity index (χ4n) is 2.84. The maximum atomic E-state index is 12.1. The van der Waals surface area contributed by atoms with E-state index in [0.717, 1.165) is 5.39 Å². The summed E-state index contributed by atoms with van der Waals surface area (Å²) in [5.41, 5.74) is 8.06. The van der Waals surface area contributed by atoms with Gasteiger partial charge in [0.15, 0.2) is 11.5 Å². The van der Waals surface area contributed by atoms with E-state index in [4.69, 9.17) is 5.73 Å². The SMILES string of the molecule is Cc1nn(-c2ccccn2)c2nc3ccccc3c(C(N)=O)c12. The molecule has 4 aromatic rings. The number of hydrogen-bond donors (Lipinski definition) is 1. The Bertz CT molecular complexity index is 1050. The van der Waals surface area contributed by atoms with E-state index in [9.17, 15) is 4.79 Å². The van der Waals surface area contributed by atoms with Crippen LogP contribution in [0.2, 0.25) is 0 Å². The van der Waals surface area contributed by atoms with E-state index in [0.29, 0.717) is 33.6 Å². The molecule has 2 N–H and O–H groups in total. The van der Waals surface area contributed by atoms with Crippen LogP contribution in [0.4, 0.5) is 0 Å². The van der Waals surface area contributed by atoms with Crippen LogP contribution in [0.25, 0.3) is 27.8 Å². The second-order valence-electron chi connectivity index (χ2n) is 5.25. The minimum atomic E-state index is -0.489. The molecule has 23 heavy (non-hydrogen) atoms. The quantitative estimate of drug-likeness (QED) is 0.616. The summed E-state index contributed by atoms with van der Waals surface area (Å²) in [6.45, 7) is 1.84. The maximum absolute atomic E-state index is 12.1. The van der Waals surface area contributed by atoms with Crippen molar-refractivity contribution in [2.75, 3.05) is 0 Å². The number of hydrogen-bond acceptors (Lipinski definition) is 4. The summed E-state index contributed by atoms with van der Waals surface area (Å²) >= 11 is 0. The molecule has 112 valence electrons. The first-order chi connectivity index (χ1) is 11.2. The van der Waals surface area contributed by atoms with Gasteiger partial charge in [-0.1, -0.05) is 24.3 Å². The van der Waals surface area contributed by atoms with E-state index in [1.165, 1.54) is 0 Å². The van der Waals surface area contributed by atoms with Crippen LogP contribution < -0.4 is 5.73 Å². The number of amides is 1. The average Bonchev–Trinajstić information content (AvgIpc) is 2.90. The lowest BCUT2D eigenvalue weighted by Gasteiger charge is -2.06. The van der Waals surface area contributed by atoms with E-state index in [2.05, 4.69) is 15.1 Å². The minimum Gasteiger partial charge on any atom is -0.366 e. The van der Waals surface area contributed by atoms with Gasteiger partial charge in [0, 0.05) is 11.6 Å². The third-order valence-electron chi connectivity index (χ3n) is 3.80. The normalized spacial score (nSPS) is 11.2. The number of aryl methyl sites for hydroxylation is 1. The predicted octanol–water partition coefficient (Wildman–Crippen LogP) is 2.38. The first-order valence-corrected chi connectivity index (χ1v) is 7.16. The third kappa shape index (κ3) is 1.96. The van der Waals surface area contributed by atoms with Crippen molar-refractivity contribution in [2.45, 2.75) is 6.92 Å². The Morgan fingerprint density at radius 3 is 2.65 bits per heavy atom. The number of para-hydroxylation sites is 1. The topological polar surface area (TPSA) is 86.7 Å². The van der Waals surface area contributed by atoms with Gasteiger partial charge in [0.05, 0.1) is 22.2 Å². The van der Waals surface area contributed by atoms with E-state index >= 15 is 0 Å². The molecule has 1 amide bonds. The van der Waals surface area contributed by atoms with Gasteiger partial charge in [-0.2, -0.15) is 9.78 Å². The molecule has 0 atom stereocenters. The Hall–Kier alpha value is -3.28. The Balaban J connectivity index is 2.20. The summed E-state index contributed by atoms with van der Waals surface area (Å²) in [6.07, 6.45) is 1.69. The van der Waals surface area contributed by atoms with Crippen molar-refractivity contribution in [3.63, 3.8) is 0 Å². The highest BCUT2D eigenvalue weighted by atomic mass is 16.1. The van der Waals surface area contributed by atoms with Crippen molar-refractivity contribution >= 4 is 27.8 Å². The van der Waals surface area contributed by atoms with Crippen molar-refractivity contribution < 1.29 is 4.79 Å². The molecule has 3 heterocycles. The zero-order chi connectivity index (χ0) is 16.0. The summed E-state index contributed by atoms with van der Waals surface area (Å²) in [7, 11) is 0. The molecule has 0 aliphatic carbocycles. The van der Waals surface area contributed by atoms with Gasteiger partial charge in [0.25, 0.3) is 0 Å². The van der Waals surface area contributed by atoms with E-state index in [1.807, 2.05) is 49.4 Å². The van der Waals surface area contributed by atoms with Gasteiger partial charge in [-0.05, 0) is 25.1 Å². The van der Waals surface area contributed by atoms with Gasteiger partial charge >= 0.3 is 0 Å². The molecule has 0 bridgehead atoms. The second kappa shape index (κ2) is 4.88. The molecule has 6 nitrogen and oxygen atoms in total. The maximum Gasteiger partial charge on any atom is 0.250 e. The zero-order valence-electron chi connectivity index (χ0n) is 12.4. The highest BCUT2D eigenvalue weighted by Crippen LogP contribution is 2.29. The molecule has 0 saturated heterocycles. The lowest BCUT2D eigenvalue weighted by atomic mass is 10.0. The van der Waals surface area contributed by atoms with Crippen molar-refractivity contribution in [3.8, 4) is 5.82 Å². The predicted molar refractivity (Wildman–Crippen MR) is 87.4 cm³/mol. The molecule has 0 aliphatic heterocycles. The molecule has 0 spiro atoms. The molecule has 0 aliphatic rings. The molecule has 0 unspecified atom stereocenters. The number of fused-ring (bicyclic) bond motifs is 2. The van der Waals surface area contributed by atoms with E-state index in [-0.39, 0.29) is 0 Å².